The first-order valence-corrected chi connectivity index (χ1v) is 7.99. The van der Waals surface area contributed by atoms with Crippen molar-refractivity contribution in [1.29, 1.82) is 0 Å². The van der Waals surface area contributed by atoms with Gasteiger partial charge in [-0.1, -0.05) is 18.2 Å². The van der Waals surface area contributed by atoms with E-state index < -0.39 is 0 Å². The highest BCUT2D eigenvalue weighted by Gasteiger charge is 2.28. The number of esters is 1. The highest BCUT2D eigenvalue weighted by molar-refractivity contribution is 5.97. The number of hydrogen-bond acceptors (Lipinski definition) is 4. The number of carbonyl (C=O) groups excluding carboxylic acids is 2. The predicted octanol–water partition coefficient (Wildman–Crippen LogP) is 2.65. The summed E-state index contributed by atoms with van der Waals surface area (Å²) in [7, 11) is 0. The quantitative estimate of drug-likeness (QED) is 0.818. The number of aromatic nitrogens is 1. The van der Waals surface area contributed by atoms with Gasteiger partial charge in [0, 0.05) is 24.7 Å². The van der Waals surface area contributed by atoms with E-state index in [2.05, 4.69) is 4.98 Å². The summed E-state index contributed by atoms with van der Waals surface area (Å²) in [6.45, 7) is 3.37. The first-order valence-electron chi connectivity index (χ1n) is 7.99. The molecule has 0 bridgehead atoms. The lowest BCUT2D eigenvalue weighted by Crippen LogP contribution is -2.40. The monoisotopic (exact) mass is 312 g/mol. The number of fused-ring (bicyclic) bond motifs is 1. The molecular weight excluding hydrogens is 292 g/mol. The van der Waals surface area contributed by atoms with Crippen molar-refractivity contribution in [2.75, 3.05) is 19.7 Å². The SMILES string of the molecule is CCOC(=O)C1CCN(C(=O)c2cnc3ccccc3c2)CC1. The standard InChI is InChI=1S/C18H20N2O3/c1-2-23-18(22)13-7-9-20(10-8-13)17(21)15-11-14-5-3-4-6-16(14)19-12-15/h3-6,11-13H,2,7-10H2,1H3. The van der Waals surface area contributed by atoms with Gasteiger partial charge in [-0.25, -0.2) is 0 Å². The number of amides is 1. The maximum atomic E-state index is 12.6. The Hall–Kier alpha value is -2.43. The van der Waals surface area contributed by atoms with Gasteiger partial charge in [0.1, 0.15) is 0 Å². The van der Waals surface area contributed by atoms with Crippen LogP contribution in [0.3, 0.4) is 0 Å². The topological polar surface area (TPSA) is 59.5 Å². The molecule has 0 aliphatic carbocycles. The van der Waals surface area contributed by atoms with Crippen LogP contribution in [0.2, 0.25) is 0 Å². The third kappa shape index (κ3) is 3.33. The van der Waals surface area contributed by atoms with Gasteiger partial charge in [0.2, 0.25) is 0 Å². The van der Waals surface area contributed by atoms with Crippen molar-refractivity contribution in [3.8, 4) is 0 Å². The van der Waals surface area contributed by atoms with Gasteiger partial charge in [-0.3, -0.25) is 14.6 Å². The van der Waals surface area contributed by atoms with Crippen LogP contribution in [-0.4, -0.2) is 41.5 Å². The molecule has 1 aromatic carbocycles. The van der Waals surface area contributed by atoms with Crippen LogP contribution in [0.5, 0.6) is 0 Å². The molecule has 3 rings (SSSR count). The van der Waals surface area contributed by atoms with Crippen molar-refractivity contribution < 1.29 is 14.3 Å². The minimum atomic E-state index is -0.146. The Labute approximate surface area is 135 Å². The molecule has 1 amide bonds. The van der Waals surface area contributed by atoms with Crippen LogP contribution >= 0.6 is 0 Å². The van der Waals surface area contributed by atoms with Gasteiger partial charge in [0.05, 0.1) is 23.6 Å². The Morgan fingerprint density at radius 2 is 2.00 bits per heavy atom. The van der Waals surface area contributed by atoms with Crippen LogP contribution in [0.25, 0.3) is 10.9 Å². The van der Waals surface area contributed by atoms with Crippen molar-refractivity contribution in [2.24, 2.45) is 5.92 Å². The Kier molecular flexibility index (Phi) is 4.55. The zero-order valence-corrected chi connectivity index (χ0v) is 13.2. The fourth-order valence-corrected chi connectivity index (χ4v) is 2.95. The van der Waals surface area contributed by atoms with E-state index in [0.717, 1.165) is 10.9 Å². The molecule has 1 fully saturated rings. The highest BCUT2D eigenvalue weighted by Crippen LogP contribution is 2.21. The maximum Gasteiger partial charge on any atom is 0.309 e. The number of carbonyl (C=O) groups is 2. The number of nitrogens with zero attached hydrogens (tertiary/aromatic N) is 2. The molecule has 0 radical (unpaired) electrons. The summed E-state index contributed by atoms with van der Waals surface area (Å²) >= 11 is 0. The summed E-state index contributed by atoms with van der Waals surface area (Å²) < 4.78 is 5.06. The van der Waals surface area contributed by atoms with Gasteiger partial charge in [-0.05, 0) is 31.9 Å². The molecule has 0 atom stereocenters. The van der Waals surface area contributed by atoms with Crippen molar-refractivity contribution in [1.82, 2.24) is 9.88 Å². The fraction of sp³-hybridized carbons (Fsp3) is 0.389. The van der Waals surface area contributed by atoms with E-state index in [-0.39, 0.29) is 17.8 Å². The summed E-state index contributed by atoms with van der Waals surface area (Å²) in [6.07, 6.45) is 2.94. The average Bonchev–Trinajstić information content (AvgIpc) is 2.61. The lowest BCUT2D eigenvalue weighted by atomic mass is 9.96. The summed E-state index contributed by atoms with van der Waals surface area (Å²) in [5.41, 5.74) is 1.48. The van der Waals surface area contributed by atoms with Gasteiger partial charge in [0.25, 0.3) is 5.91 Å². The van der Waals surface area contributed by atoms with E-state index in [1.165, 1.54) is 0 Å². The van der Waals surface area contributed by atoms with E-state index in [1.807, 2.05) is 37.3 Å². The Bertz CT molecular complexity index is 721. The van der Waals surface area contributed by atoms with Crippen LogP contribution in [0.1, 0.15) is 30.1 Å². The normalized spacial score (nSPS) is 15.6. The van der Waals surface area contributed by atoms with Crippen molar-refractivity contribution >= 4 is 22.8 Å². The molecule has 0 unspecified atom stereocenters. The highest BCUT2D eigenvalue weighted by atomic mass is 16.5. The average molecular weight is 312 g/mol. The number of piperidine rings is 1. The number of hydrogen-bond donors (Lipinski definition) is 0. The Morgan fingerprint density at radius 3 is 2.74 bits per heavy atom. The number of benzene rings is 1. The van der Waals surface area contributed by atoms with Gasteiger partial charge in [-0.2, -0.15) is 0 Å². The van der Waals surface area contributed by atoms with Gasteiger partial charge >= 0.3 is 5.97 Å². The summed E-state index contributed by atoms with van der Waals surface area (Å²) in [4.78, 5) is 30.5. The second kappa shape index (κ2) is 6.77. The number of pyridine rings is 1. The van der Waals surface area contributed by atoms with E-state index in [9.17, 15) is 9.59 Å². The predicted molar refractivity (Wildman–Crippen MR) is 87.0 cm³/mol. The summed E-state index contributed by atoms with van der Waals surface area (Å²) in [5, 5.41) is 0.958. The molecule has 1 saturated heterocycles. The van der Waals surface area contributed by atoms with Crippen molar-refractivity contribution in [3.63, 3.8) is 0 Å². The van der Waals surface area contributed by atoms with Gasteiger partial charge in [0.15, 0.2) is 0 Å². The first kappa shape index (κ1) is 15.5. The summed E-state index contributed by atoms with van der Waals surface area (Å²) in [5.74, 6) is -0.258. The van der Waals surface area contributed by atoms with Crippen LogP contribution in [0, 0.1) is 5.92 Å². The first-order chi connectivity index (χ1) is 11.2. The minimum absolute atomic E-state index is 0.0226. The molecule has 0 N–H and O–H groups in total. The molecule has 2 aromatic rings. The second-order valence-electron chi connectivity index (χ2n) is 5.74. The Morgan fingerprint density at radius 1 is 1.26 bits per heavy atom. The number of rotatable bonds is 3. The molecule has 1 aliphatic heterocycles. The molecule has 23 heavy (non-hydrogen) atoms. The Balaban J connectivity index is 1.67. The molecule has 1 aromatic heterocycles. The molecule has 1 aliphatic rings. The lowest BCUT2D eigenvalue weighted by molar-refractivity contribution is -0.149. The molecular formula is C18H20N2O3. The number of likely N-dealkylation sites (tertiary alicyclic amines) is 1. The van der Waals surface area contributed by atoms with Crippen LogP contribution in [-0.2, 0) is 9.53 Å². The van der Waals surface area contributed by atoms with Crippen LogP contribution in [0.4, 0.5) is 0 Å². The second-order valence-corrected chi connectivity index (χ2v) is 5.74. The molecule has 5 nitrogen and oxygen atoms in total. The van der Waals surface area contributed by atoms with Crippen molar-refractivity contribution in [3.05, 3.63) is 42.1 Å². The zero-order chi connectivity index (χ0) is 16.2. The van der Waals surface area contributed by atoms with Crippen LogP contribution < -0.4 is 0 Å². The molecule has 120 valence electrons. The fourth-order valence-electron chi connectivity index (χ4n) is 2.95. The van der Waals surface area contributed by atoms with E-state index >= 15 is 0 Å². The minimum Gasteiger partial charge on any atom is -0.466 e. The van der Waals surface area contributed by atoms with Gasteiger partial charge < -0.3 is 9.64 Å². The molecule has 2 heterocycles. The summed E-state index contributed by atoms with van der Waals surface area (Å²) in [6, 6.07) is 9.61. The van der Waals surface area contributed by atoms with E-state index in [0.29, 0.717) is 38.1 Å². The zero-order valence-electron chi connectivity index (χ0n) is 13.2. The number of ether oxygens (including phenoxy) is 1. The van der Waals surface area contributed by atoms with Gasteiger partial charge in [-0.15, -0.1) is 0 Å². The maximum absolute atomic E-state index is 12.6. The molecule has 5 heteroatoms. The third-order valence-corrected chi connectivity index (χ3v) is 4.24. The van der Waals surface area contributed by atoms with E-state index in [4.69, 9.17) is 4.74 Å². The largest absolute Gasteiger partial charge is 0.466 e. The van der Waals surface area contributed by atoms with Crippen LogP contribution in [0.15, 0.2) is 36.5 Å². The smallest absolute Gasteiger partial charge is 0.309 e. The molecule has 0 spiro atoms. The molecule has 0 saturated carbocycles. The lowest BCUT2D eigenvalue weighted by Gasteiger charge is -2.30. The van der Waals surface area contributed by atoms with E-state index in [1.54, 1.807) is 11.1 Å². The number of para-hydroxylation sites is 1. The van der Waals surface area contributed by atoms with Crippen molar-refractivity contribution in [2.45, 2.75) is 19.8 Å². The third-order valence-electron chi connectivity index (χ3n) is 4.24.